The second-order valence-electron chi connectivity index (χ2n) is 6.30. The Hall–Kier alpha value is -0.280. The first-order valence-corrected chi connectivity index (χ1v) is 8.62. The lowest BCUT2D eigenvalue weighted by Crippen LogP contribution is -2.47. The Kier molecular flexibility index (Phi) is 4.80. The highest BCUT2D eigenvalue weighted by molar-refractivity contribution is 6.42. The summed E-state index contributed by atoms with van der Waals surface area (Å²) < 4.78 is 5.79. The van der Waals surface area contributed by atoms with E-state index in [0.29, 0.717) is 34.0 Å². The normalized spacial score (nSPS) is 32.6. The first kappa shape index (κ1) is 15.6. The molecular weight excluding hydrogens is 305 g/mol. The maximum Gasteiger partial charge on any atom is 0.0595 e. The van der Waals surface area contributed by atoms with E-state index in [1.807, 2.05) is 6.07 Å². The molecule has 0 aromatic heterocycles. The topological polar surface area (TPSA) is 12.5 Å². The molecule has 2 bridgehead atoms. The van der Waals surface area contributed by atoms with Gasteiger partial charge in [0.05, 0.1) is 16.7 Å². The van der Waals surface area contributed by atoms with Crippen LogP contribution in [0.1, 0.15) is 37.7 Å². The summed E-state index contributed by atoms with van der Waals surface area (Å²) in [7, 11) is 2.27. The van der Waals surface area contributed by atoms with E-state index < -0.39 is 0 Å². The molecule has 0 unspecified atom stereocenters. The van der Waals surface area contributed by atoms with Crippen molar-refractivity contribution in [1.82, 2.24) is 4.90 Å². The molecule has 2 fully saturated rings. The predicted octanol–water partition coefficient (Wildman–Crippen LogP) is 4.60. The molecule has 2 aliphatic rings. The molecule has 116 valence electrons. The van der Waals surface area contributed by atoms with Gasteiger partial charge in [-0.05, 0) is 56.8 Å². The fraction of sp³-hybridized carbons (Fsp3) is 0.647. The zero-order valence-corrected chi connectivity index (χ0v) is 14.2. The van der Waals surface area contributed by atoms with E-state index in [1.54, 1.807) is 0 Å². The number of rotatable bonds is 4. The summed E-state index contributed by atoms with van der Waals surface area (Å²) in [5.74, 6) is 1.07. The van der Waals surface area contributed by atoms with Gasteiger partial charge in [0, 0.05) is 24.6 Å². The predicted molar refractivity (Wildman–Crippen MR) is 88.4 cm³/mol. The fourth-order valence-electron chi connectivity index (χ4n) is 4.18. The van der Waals surface area contributed by atoms with Gasteiger partial charge in [-0.25, -0.2) is 0 Å². The molecule has 1 aromatic carbocycles. The lowest BCUT2D eigenvalue weighted by Gasteiger charge is -2.43. The summed E-state index contributed by atoms with van der Waals surface area (Å²) in [6.07, 6.45) is 3.79. The summed E-state index contributed by atoms with van der Waals surface area (Å²) in [5.41, 5.74) is 1.32. The third-order valence-electron chi connectivity index (χ3n) is 5.32. The van der Waals surface area contributed by atoms with Crippen molar-refractivity contribution in [3.63, 3.8) is 0 Å². The van der Waals surface area contributed by atoms with Gasteiger partial charge in [-0.1, -0.05) is 29.3 Å². The van der Waals surface area contributed by atoms with Crippen LogP contribution in [0.4, 0.5) is 0 Å². The van der Waals surface area contributed by atoms with Crippen molar-refractivity contribution < 1.29 is 4.74 Å². The molecule has 0 N–H and O–H groups in total. The number of halogens is 2. The van der Waals surface area contributed by atoms with Gasteiger partial charge >= 0.3 is 0 Å². The fourth-order valence-corrected chi connectivity index (χ4v) is 4.49. The molecule has 2 heterocycles. The summed E-state index contributed by atoms with van der Waals surface area (Å²) >= 11 is 12.3. The van der Waals surface area contributed by atoms with Crippen molar-refractivity contribution in [2.24, 2.45) is 5.92 Å². The van der Waals surface area contributed by atoms with Gasteiger partial charge < -0.3 is 9.64 Å². The molecule has 2 aliphatic heterocycles. The van der Waals surface area contributed by atoms with Crippen molar-refractivity contribution in [2.45, 2.75) is 44.2 Å². The highest BCUT2D eigenvalue weighted by atomic mass is 35.5. The molecule has 3 rings (SSSR count). The lowest BCUT2D eigenvalue weighted by molar-refractivity contribution is 0.0253. The van der Waals surface area contributed by atoms with Crippen molar-refractivity contribution >= 4 is 23.2 Å². The number of hydrogen-bond donors (Lipinski definition) is 0. The lowest BCUT2D eigenvalue weighted by atomic mass is 9.76. The first-order valence-electron chi connectivity index (χ1n) is 7.86. The van der Waals surface area contributed by atoms with Crippen LogP contribution in [0, 0.1) is 5.92 Å². The van der Waals surface area contributed by atoms with E-state index in [-0.39, 0.29) is 0 Å². The minimum absolute atomic E-state index is 0.528. The average Bonchev–Trinajstić information content (AvgIpc) is 2.72. The molecule has 0 aliphatic carbocycles. The van der Waals surface area contributed by atoms with Crippen LogP contribution in [0.25, 0.3) is 0 Å². The van der Waals surface area contributed by atoms with Gasteiger partial charge in [0.15, 0.2) is 0 Å². The Morgan fingerprint density at radius 3 is 2.76 bits per heavy atom. The molecule has 2 saturated heterocycles. The van der Waals surface area contributed by atoms with Crippen LogP contribution in [0.5, 0.6) is 0 Å². The molecule has 4 heteroatoms. The minimum atomic E-state index is 0.528. The van der Waals surface area contributed by atoms with Crippen LogP contribution < -0.4 is 0 Å². The molecule has 4 atom stereocenters. The van der Waals surface area contributed by atoms with Crippen molar-refractivity contribution in [1.29, 1.82) is 0 Å². The average molecular weight is 328 g/mol. The Morgan fingerprint density at radius 2 is 2.05 bits per heavy atom. The van der Waals surface area contributed by atoms with Crippen LogP contribution in [-0.4, -0.2) is 37.2 Å². The molecule has 0 saturated carbocycles. The van der Waals surface area contributed by atoms with E-state index in [0.717, 1.165) is 13.2 Å². The van der Waals surface area contributed by atoms with E-state index in [4.69, 9.17) is 27.9 Å². The number of benzene rings is 1. The van der Waals surface area contributed by atoms with Gasteiger partial charge in [-0.3, -0.25) is 0 Å². The largest absolute Gasteiger partial charge is 0.381 e. The zero-order valence-electron chi connectivity index (χ0n) is 12.7. The SMILES string of the molecule is CCOC[C@H]1[C@H](c2ccc(Cl)c(Cl)c2)C[C@H]2CC[C@@H]1N2C. The first-order chi connectivity index (χ1) is 10.1. The molecule has 1 aromatic rings. The Morgan fingerprint density at radius 1 is 1.24 bits per heavy atom. The second kappa shape index (κ2) is 6.45. The molecule has 21 heavy (non-hydrogen) atoms. The monoisotopic (exact) mass is 327 g/mol. The number of nitrogens with zero attached hydrogens (tertiary/aromatic N) is 1. The minimum Gasteiger partial charge on any atom is -0.381 e. The summed E-state index contributed by atoms with van der Waals surface area (Å²) in [6, 6.07) is 7.46. The van der Waals surface area contributed by atoms with Crippen molar-refractivity contribution in [2.75, 3.05) is 20.3 Å². The van der Waals surface area contributed by atoms with Crippen LogP contribution in [0.2, 0.25) is 10.0 Å². The quantitative estimate of drug-likeness (QED) is 0.801. The Labute approximate surface area is 137 Å². The molecule has 2 nitrogen and oxygen atoms in total. The molecule has 0 spiro atoms. The number of ether oxygens (including phenoxy) is 1. The summed E-state index contributed by atoms with van der Waals surface area (Å²) in [6.45, 7) is 3.69. The van der Waals surface area contributed by atoms with Crippen LogP contribution in [0.15, 0.2) is 18.2 Å². The van der Waals surface area contributed by atoms with Crippen molar-refractivity contribution in [3.05, 3.63) is 33.8 Å². The van der Waals surface area contributed by atoms with Gasteiger partial charge in [0.1, 0.15) is 0 Å². The Bertz CT molecular complexity index is 508. The van der Waals surface area contributed by atoms with Gasteiger partial charge in [-0.2, -0.15) is 0 Å². The maximum absolute atomic E-state index is 6.23. The highest BCUT2D eigenvalue weighted by Crippen LogP contribution is 2.46. The smallest absolute Gasteiger partial charge is 0.0595 e. The number of fused-ring (bicyclic) bond motifs is 2. The number of piperidine rings is 1. The summed E-state index contributed by atoms with van der Waals surface area (Å²) in [5, 5.41) is 1.30. The van der Waals surface area contributed by atoms with E-state index in [2.05, 4.69) is 31.0 Å². The maximum atomic E-state index is 6.23. The highest BCUT2D eigenvalue weighted by Gasteiger charge is 2.45. The summed E-state index contributed by atoms with van der Waals surface area (Å²) in [4.78, 5) is 2.57. The van der Waals surface area contributed by atoms with E-state index >= 15 is 0 Å². The third kappa shape index (κ3) is 2.96. The van der Waals surface area contributed by atoms with Gasteiger partial charge in [0.2, 0.25) is 0 Å². The molecule has 0 amide bonds. The van der Waals surface area contributed by atoms with Gasteiger partial charge in [0.25, 0.3) is 0 Å². The molecule has 0 radical (unpaired) electrons. The zero-order chi connectivity index (χ0) is 15.0. The van der Waals surface area contributed by atoms with E-state index in [1.165, 1.54) is 24.8 Å². The Balaban J connectivity index is 1.88. The van der Waals surface area contributed by atoms with Crippen LogP contribution >= 0.6 is 23.2 Å². The van der Waals surface area contributed by atoms with Gasteiger partial charge in [-0.15, -0.1) is 0 Å². The number of hydrogen-bond acceptors (Lipinski definition) is 2. The van der Waals surface area contributed by atoms with Crippen LogP contribution in [-0.2, 0) is 4.74 Å². The molecular formula is C17H23Cl2NO. The van der Waals surface area contributed by atoms with Crippen LogP contribution in [0.3, 0.4) is 0 Å². The van der Waals surface area contributed by atoms with Crippen molar-refractivity contribution in [3.8, 4) is 0 Å². The van der Waals surface area contributed by atoms with E-state index in [9.17, 15) is 0 Å². The standard InChI is InChI=1S/C17H23Cl2NO/c1-3-21-10-14-13(9-12-5-7-17(14)20(12)2)11-4-6-15(18)16(19)8-11/h4,6,8,12-14,17H,3,5,7,9-10H2,1-2H3/t12-,13+,14+,17+/m1/s1. The third-order valence-corrected chi connectivity index (χ3v) is 6.06. The second-order valence-corrected chi connectivity index (χ2v) is 7.12.